The molecular weight excluding hydrogens is 209 g/mol. The minimum atomic E-state index is -0.363. The van der Waals surface area contributed by atoms with Crippen LogP contribution in [0.2, 0.25) is 0 Å². The molecule has 1 heterocycles. The first-order valence-electron chi connectivity index (χ1n) is 5.40. The van der Waals surface area contributed by atoms with Crippen LogP contribution < -0.4 is 0 Å². The van der Waals surface area contributed by atoms with Crippen molar-refractivity contribution in [2.45, 2.75) is 26.4 Å². The van der Waals surface area contributed by atoms with Crippen LogP contribution in [0.1, 0.15) is 24.5 Å². The fourth-order valence-electron chi connectivity index (χ4n) is 1.79. The lowest BCUT2D eigenvalue weighted by Gasteiger charge is -2.14. The highest BCUT2D eigenvalue weighted by molar-refractivity contribution is 5.68. The van der Waals surface area contributed by atoms with E-state index in [1.165, 1.54) is 11.0 Å². The summed E-state index contributed by atoms with van der Waals surface area (Å²) in [5.41, 5.74) is 1.48. The van der Waals surface area contributed by atoms with E-state index in [9.17, 15) is 9.18 Å². The molecule has 0 aliphatic carbocycles. The monoisotopic (exact) mass is 223 g/mol. The molecule has 0 atom stereocenters. The normalized spacial score (nSPS) is 13.8. The molecule has 0 saturated carbocycles. The summed E-state index contributed by atoms with van der Waals surface area (Å²) in [5, 5.41) is 0. The van der Waals surface area contributed by atoms with E-state index in [1.54, 1.807) is 6.07 Å². The molecule has 1 amide bonds. The van der Waals surface area contributed by atoms with Crippen LogP contribution in [-0.4, -0.2) is 17.6 Å². The van der Waals surface area contributed by atoms with Gasteiger partial charge in [0.25, 0.3) is 0 Å². The molecule has 2 rings (SSSR count). The van der Waals surface area contributed by atoms with Gasteiger partial charge in [-0.25, -0.2) is 9.18 Å². The standard InChI is InChI=1S/C12H14FNO2/c1-2-6-16-12(15)14-7-9-4-3-5-11(13)10(9)8-14/h3-5H,2,6-8H2,1H3. The Balaban J connectivity index is 2.05. The summed E-state index contributed by atoms with van der Waals surface area (Å²) in [5.74, 6) is -0.247. The fourth-order valence-corrected chi connectivity index (χ4v) is 1.79. The number of ether oxygens (including phenoxy) is 1. The summed E-state index contributed by atoms with van der Waals surface area (Å²) in [6, 6.07) is 4.92. The maximum atomic E-state index is 13.4. The van der Waals surface area contributed by atoms with E-state index in [2.05, 4.69) is 0 Å². The molecule has 0 N–H and O–H groups in total. The van der Waals surface area contributed by atoms with Crippen LogP contribution >= 0.6 is 0 Å². The van der Waals surface area contributed by atoms with Crippen LogP contribution in [0.5, 0.6) is 0 Å². The first-order chi connectivity index (χ1) is 7.72. The van der Waals surface area contributed by atoms with Crippen LogP contribution in [0.25, 0.3) is 0 Å². The lowest BCUT2D eigenvalue weighted by Crippen LogP contribution is -2.26. The second-order valence-electron chi connectivity index (χ2n) is 3.85. The average Bonchev–Trinajstić information content (AvgIpc) is 2.71. The van der Waals surface area contributed by atoms with Crippen LogP contribution in [0.4, 0.5) is 9.18 Å². The van der Waals surface area contributed by atoms with E-state index in [4.69, 9.17) is 4.74 Å². The second kappa shape index (κ2) is 4.51. The Labute approximate surface area is 93.8 Å². The highest BCUT2D eigenvalue weighted by Gasteiger charge is 2.26. The molecular formula is C12H14FNO2. The second-order valence-corrected chi connectivity index (χ2v) is 3.85. The molecule has 4 heteroatoms. The van der Waals surface area contributed by atoms with Gasteiger partial charge >= 0.3 is 6.09 Å². The van der Waals surface area contributed by atoms with Crippen molar-refractivity contribution in [3.05, 3.63) is 35.1 Å². The summed E-state index contributed by atoms with van der Waals surface area (Å²) in [7, 11) is 0. The molecule has 1 aromatic carbocycles. The van der Waals surface area contributed by atoms with Gasteiger partial charge in [-0.1, -0.05) is 19.1 Å². The van der Waals surface area contributed by atoms with Gasteiger partial charge in [0, 0.05) is 12.1 Å². The molecule has 1 aromatic rings. The van der Waals surface area contributed by atoms with Gasteiger partial charge in [0.05, 0.1) is 13.2 Å². The van der Waals surface area contributed by atoms with Gasteiger partial charge in [0.2, 0.25) is 0 Å². The number of rotatable bonds is 2. The Morgan fingerprint density at radius 1 is 1.50 bits per heavy atom. The zero-order valence-electron chi connectivity index (χ0n) is 9.20. The minimum Gasteiger partial charge on any atom is -0.449 e. The number of hydrogen-bond donors (Lipinski definition) is 0. The van der Waals surface area contributed by atoms with E-state index < -0.39 is 0 Å². The van der Waals surface area contributed by atoms with Crippen LogP contribution in [0, 0.1) is 5.82 Å². The van der Waals surface area contributed by atoms with Crippen molar-refractivity contribution < 1.29 is 13.9 Å². The lowest BCUT2D eigenvalue weighted by molar-refractivity contribution is 0.101. The number of carbonyl (C=O) groups is 1. The molecule has 86 valence electrons. The highest BCUT2D eigenvalue weighted by Crippen LogP contribution is 2.25. The summed E-state index contributed by atoms with van der Waals surface area (Å²) in [6.07, 6.45) is 0.429. The van der Waals surface area contributed by atoms with Gasteiger partial charge in [0.1, 0.15) is 5.82 Å². The SMILES string of the molecule is CCCOC(=O)N1Cc2cccc(F)c2C1. The molecule has 0 spiro atoms. The van der Waals surface area contributed by atoms with Gasteiger partial charge in [-0.3, -0.25) is 4.90 Å². The Morgan fingerprint density at radius 2 is 2.31 bits per heavy atom. The number of nitrogens with zero attached hydrogens (tertiary/aromatic N) is 1. The molecule has 3 nitrogen and oxygen atoms in total. The third-order valence-electron chi connectivity index (χ3n) is 2.61. The summed E-state index contributed by atoms with van der Waals surface area (Å²) >= 11 is 0. The molecule has 1 aliphatic rings. The Morgan fingerprint density at radius 3 is 3.00 bits per heavy atom. The summed E-state index contributed by atoms with van der Waals surface area (Å²) < 4.78 is 18.4. The fraction of sp³-hybridized carbons (Fsp3) is 0.417. The predicted octanol–water partition coefficient (Wildman–Crippen LogP) is 2.69. The molecule has 0 saturated heterocycles. The quantitative estimate of drug-likeness (QED) is 0.771. The van der Waals surface area contributed by atoms with Crippen molar-refractivity contribution in [1.29, 1.82) is 0 Å². The smallest absolute Gasteiger partial charge is 0.410 e. The maximum Gasteiger partial charge on any atom is 0.410 e. The summed E-state index contributed by atoms with van der Waals surface area (Å²) in [6.45, 7) is 3.10. The van der Waals surface area contributed by atoms with E-state index in [-0.39, 0.29) is 11.9 Å². The number of amides is 1. The average molecular weight is 223 g/mol. The zero-order valence-corrected chi connectivity index (χ0v) is 9.20. The number of halogens is 1. The van der Waals surface area contributed by atoms with E-state index in [0.29, 0.717) is 25.3 Å². The Kier molecular flexibility index (Phi) is 3.08. The molecule has 16 heavy (non-hydrogen) atoms. The minimum absolute atomic E-state index is 0.247. The Bertz CT molecular complexity index is 406. The first kappa shape index (κ1) is 10.9. The van der Waals surface area contributed by atoms with Crippen LogP contribution in [0.3, 0.4) is 0 Å². The van der Waals surface area contributed by atoms with E-state index >= 15 is 0 Å². The van der Waals surface area contributed by atoms with Crippen molar-refractivity contribution in [3.8, 4) is 0 Å². The third-order valence-corrected chi connectivity index (χ3v) is 2.61. The first-order valence-corrected chi connectivity index (χ1v) is 5.40. The third kappa shape index (κ3) is 2.01. The molecule has 0 aromatic heterocycles. The number of carbonyl (C=O) groups excluding carboxylic acids is 1. The topological polar surface area (TPSA) is 29.5 Å². The van der Waals surface area contributed by atoms with E-state index in [1.807, 2.05) is 13.0 Å². The van der Waals surface area contributed by atoms with Crippen molar-refractivity contribution in [2.75, 3.05) is 6.61 Å². The molecule has 0 radical (unpaired) electrons. The van der Waals surface area contributed by atoms with Crippen molar-refractivity contribution in [2.24, 2.45) is 0 Å². The number of hydrogen-bond acceptors (Lipinski definition) is 2. The van der Waals surface area contributed by atoms with Gasteiger partial charge in [-0.15, -0.1) is 0 Å². The van der Waals surface area contributed by atoms with E-state index in [0.717, 1.165) is 12.0 Å². The zero-order chi connectivity index (χ0) is 11.5. The number of benzene rings is 1. The lowest BCUT2D eigenvalue weighted by atomic mass is 10.1. The van der Waals surface area contributed by atoms with Gasteiger partial charge in [-0.2, -0.15) is 0 Å². The largest absolute Gasteiger partial charge is 0.449 e. The summed E-state index contributed by atoms with van der Waals surface area (Å²) in [4.78, 5) is 13.1. The van der Waals surface area contributed by atoms with Crippen molar-refractivity contribution >= 4 is 6.09 Å². The molecule has 0 bridgehead atoms. The molecule has 0 unspecified atom stereocenters. The maximum absolute atomic E-state index is 13.4. The highest BCUT2D eigenvalue weighted by atomic mass is 19.1. The van der Waals surface area contributed by atoms with Crippen molar-refractivity contribution in [3.63, 3.8) is 0 Å². The van der Waals surface area contributed by atoms with Crippen molar-refractivity contribution in [1.82, 2.24) is 4.90 Å². The molecule has 1 aliphatic heterocycles. The van der Waals surface area contributed by atoms with Crippen LogP contribution in [-0.2, 0) is 17.8 Å². The van der Waals surface area contributed by atoms with Gasteiger partial charge in [0.15, 0.2) is 0 Å². The Hall–Kier alpha value is -1.58. The van der Waals surface area contributed by atoms with Gasteiger partial charge in [-0.05, 0) is 18.1 Å². The van der Waals surface area contributed by atoms with Gasteiger partial charge < -0.3 is 4.74 Å². The van der Waals surface area contributed by atoms with Crippen LogP contribution in [0.15, 0.2) is 18.2 Å². The predicted molar refractivity (Wildman–Crippen MR) is 57.3 cm³/mol. The molecule has 0 fully saturated rings. The number of fused-ring (bicyclic) bond motifs is 1.